The van der Waals surface area contributed by atoms with Crippen LogP contribution in [-0.4, -0.2) is 18.7 Å². The van der Waals surface area contributed by atoms with Crippen molar-refractivity contribution in [3.8, 4) is 0 Å². The molecule has 0 aliphatic heterocycles. The Morgan fingerprint density at radius 1 is 1.33 bits per heavy atom. The molecule has 1 aromatic carbocycles. The van der Waals surface area contributed by atoms with Crippen molar-refractivity contribution in [2.75, 3.05) is 13.6 Å². The van der Waals surface area contributed by atoms with Crippen molar-refractivity contribution < 1.29 is 10.4 Å². The summed E-state index contributed by atoms with van der Waals surface area (Å²) in [5.41, 5.74) is 0.263. The predicted octanol–water partition coefficient (Wildman–Crippen LogP) is 0.0873. The molecule has 0 aliphatic rings. The number of nitrogens with two attached hydrogens (primary N) is 1. The Morgan fingerprint density at radius 2 is 1.92 bits per heavy atom. The summed E-state index contributed by atoms with van der Waals surface area (Å²) in [6, 6.07) is 9.74. The Hall–Kier alpha value is -0.860. The Morgan fingerprint density at radius 3 is 2.42 bits per heavy atom. The quantitative estimate of drug-likeness (QED) is 0.656. The molecular weight excluding hydrogens is 150 g/mol. The molecule has 1 rings (SSSR count). The predicted molar refractivity (Wildman–Crippen MR) is 48.7 cm³/mol. The smallest absolute Gasteiger partial charge is 0.135 e. The normalized spacial score (nSPS) is 15.6. The van der Waals surface area contributed by atoms with E-state index in [0.717, 1.165) is 5.56 Å². The van der Waals surface area contributed by atoms with Gasteiger partial charge in [0.15, 0.2) is 0 Å². The van der Waals surface area contributed by atoms with E-state index in [1.807, 2.05) is 49.6 Å². The number of hydrogen-bond donors (Lipinski definition) is 2. The van der Waals surface area contributed by atoms with Gasteiger partial charge < -0.3 is 10.4 Å². The van der Waals surface area contributed by atoms with Crippen LogP contribution in [0.1, 0.15) is 12.5 Å². The zero-order valence-electron chi connectivity index (χ0n) is 7.62. The molecule has 0 fully saturated rings. The zero-order chi connectivity index (χ0) is 9.03. The molecular formula is C10H16NO+. The summed E-state index contributed by atoms with van der Waals surface area (Å²) in [6.45, 7) is 2.53. The average Bonchev–Trinajstić information content (AvgIpc) is 2.06. The maximum Gasteiger partial charge on any atom is 0.135 e. The number of hydrogen-bond acceptors (Lipinski definition) is 1. The van der Waals surface area contributed by atoms with Crippen LogP contribution in [0.3, 0.4) is 0 Å². The molecule has 0 radical (unpaired) electrons. The molecule has 0 saturated heterocycles. The van der Waals surface area contributed by atoms with E-state index in [-0.39, 0.29) is 0 Å². The highest BCUT2D eigenvalue weighted by Gasteiger charge is 2.23. The lowest BCUT2D eigenvalue weighted by atomic mass is 9.96. The molecule has 0 aromatic heterocycles. The summed E-state index contributed by atoms with van der Waals surface area (Å²) in [5.74, 6) is 0. The second kappa shape index (κ2) is 3.70. The van der Waals surface area contributed by atoms with Gasteiger partial charge in [0.1, 0.15) is 12.1 Å². The average molecular weight is 166 g/mol. The van der Waals surface area contributed by atoms with Gasteiger partial charge >= 0.3 is 0 Å². The molecule has 66 valence electrons. The Labute approximate surface area is 73.2 Å². The van der Waals surface area contributed by atoms with Gasteiger partial charge in [0.2, 0.25) is 0 Å². The van der Waals surface area contributed by atoms with Crippen molar-refractivity contribution in [1.29, 1.82) is 0 Å². The second-order valence-corrected chi connectivity index (χ2v) is 3.25. The second-order valence-electron chi connectivity index (χ2n) is 3.25. The van der Waals surface area contributed by atoms with Gasteiger partial charge in [-0.3, -0.25) is 0 Å². The minimum atomic E-state index is -0.712. The summed E-state index contributed by atoms with van der Waals surface area (Å²) >= 11 is 0. The third-order valence-corrected chi connectivity index (χ3v) is 2.00. The third-order valence-electron chi connectivity index (χ3n) is 2.00. The standard InChI is InChI=1S/C10H15NO/c1-10(12,8-11-2)9-6-4-3-5-7-9/h3-7,11-12H,8H2,1-2H3/p+1. The van der Waals surface area contributed by atoms with Gasteiger partial charge in [0.05, 0.1) is 7.05 Å². The van der Waals surface area contributed by atoms with Crippen molar-refractivity contribution >= 4 is 0 Å². The van der Waals surface area contributed by atoms with Crippen molar-refractivity contribution in [2.45, 2.75) is 12.5 Å². The van der Waals surface area contributed by atoms with Crippen LogP contribution < -0.4 is 5.32 Å². The summed E-state index contributed by atoms with van der Waals surface area (Å²) < 4.78 is 0. The van der Waals surface area contributed by atoms with Crippen molar-refractivity contribution in [3.05, 3.63) is 35.9 Å². The first-order chi connectivity index (χ1) is 5.67. The molecule has 2 heteroatoms. The molecule has 0 amide bonds. The summed E-state index contributed by atoms with van der Waals surface area (Å²) in [5, 5.41) is 11.9. The van der Waals surface area contributed by atoms with Crippen LogP contribution in [0.15, 0.2) is 30.3 Å². The van der Waals surface area contributed by atoms with Crippen molar-refractivity contribution in [2.24, 2.45) is 0 Å². The molecule has 1 atom stereocenters. The van der Waals surface area contributed by atoms with E-state index in [1.54, 1.807) is 0 Å². The van der Waals surface area contributed by atoms with Crippen LogP contribution in [0.4, 0.5) is 0 Å². The zero-order valence-corrected chi connectivity index (χ0v) is 7.62. The van der Waals surface area contributed by atoms with Gasteiger partial charge in [0, 0.05) is 0 Å². The van der Waals surface area contributed by atoms with E-state index < -0.39 is 5.60 Å². The SMILES string of the molecule is C[NH2+]CC(C)(O)c1ccccc1. The molecule has 0 spiro atoms. The van der Waals surface area contributed by atoms with Crippen LogP contribution in [0.2, 0.25) is 0 Å². The molecule has 0 bridgehead atoms. The number of likely N-dealkylation sites (N-methyl/N-ethyl adjacent to an activating group) is 1. The van der Waals surface area contributed by atoms with Crippen molar-refractivity contribution in [3.63, 3.8) is 0 Å². The number of rotatable bonds is 3. The topological polar surface area (TPSA) is 36.8 Å². The highest BCUT2D eigenvalue weighted by molar-refractivity contribution is 5.21. The number of benzene rings is 1. The first kappa shape index (κ1) is 9.23. The van der Waals surface area contributed by atoms with Gasteiger partial charge in [-0.05, 0) is 12.5 Å². The van der Waals surface area contributed by atoms with Crippen LogP contribution in [0.5, 0.6) is 0 Å². The fourth-order valence-corrected chi connectivity index (χ4v) is 1.31. The summed E-state index contributed by atoms with van der Waals surface area (Å²) in [4.78, 5) is 0. The van der Waals surface area contributed by atoms with E-state index >= 15 is 0 Å². The molecule has 2 nitrogen and oxygen atoms in total. The van der Waals surface area contributed by atoms with E-state index in [4.69, 9.17) is 0 Å². The Kier molecular flexibility index (Phi) is 2.84. The fraction of sp³-hybridized carbons (Fsp3) is 0.400. The molecule has 0 heterocycles. The molecule has 3 N–H and O–H groups in total. The van der Waals surface area contributed by atoms with Gasteiger partial charge in [-0.15, -0.1) is 0 Å². The van der Waals surface area contributed by atoms with Crippen LogP contribution >= 0.6 is 0 Å². The first-order valence-corrected chi connectivity index (χ1v) is 4.22. The van der Waals surface area contributed by atoms with E-state index in [2.05, 4.69) is 0 Å². The lowest BCUT2D eigenvalue weighted by Crippen LogP contribution is -2.83. The number of aliphatic hydroxyl groups is 1. The molecule has 0 aliphatic carbocycles. The van der Waals surface area contributed by atoms with E-state index in [1.165, 1.54) is 0 Å². The Balaban J connectivity index is 2.82. The molecule has 12 heavy (non-hydrogen) atoms. The van der Waals surface area contributed by atoms with Crippen LogP contribution in [-0.2, 0) is 5.60 Å². The lowest BCUT2D eigenvalue weighted by Gasteiger charge is -2.20. The lowest BCUT2D eigenvalue weighted by molar-refractivity contribution is -0.641. The fourth-order valence-electron chi connectivity index (χ4n) is 1.31. The Bertz CT molecular complexity index is 231. The number of quaternary nitrogens is 1. The minimum Gasteiger partial charge on any atom is -0.380 e. The van der Waals surface area contributed by atoms with Crippen LogP contribution in [0, 0.1) is 0 Å². The van der Waals surface area contributed by atoms with Gasteiger partial charge in [-0.2, -0.15) is 0 Å². The monoisotopic (exact) mass is 166 g/mol. The largest absolute Gasteiger partial charge is 0.380 e. The first-order valence-electron chi connectivity index (χ1n) is 4.22. The summed E-state index contributed by atoms with van der Waals surface area (Å²) in [7, 11) is 1.96. The minimum absolute atomic E-state index is 0.691. The van der Waals surface area contributed by atoms with Crippen molar-refractivity contribution in [1.82, 2.24) is 0 Å². The van der Waals surface area contributed by atoms with E-state index in [0.29, 0.717) is 6.54 Å². The van der Waals surface area contributed by atoms with Gasteiger partial charge in [-0.1, -0.05) is 30.3 Å². The van der Waals surface area contributed by atoms with Gasteiger partial charge in [-0.25, -0.2) is 0 Å². The van der Waals surface area contributed by atoms with Gasteiger partial charge in [0.25, 0.3) is 0 Å². The summed E-state index contributed by atoms with van der Waals surface area (Å²) in [6.07, 6.45) is 0. The highest BCUT2D eigenvalue weighted by atomic mass is 16.3. The molecule has 1 aromatic rings. The maximum atomic E-state index is 9.95. The van der Waals surface area contributed by atoms with E-state index in [9.17, 15) is 5.11 Å². The maximum absolute atomic E-state index is 9.95. The third kappa shape index (κ3) is 2.06. The molecule has 1 unspecified atom stereocenters. The highest BCUT2D eigenvalue weighted by Crippen LogP contribution is 2.17. The van der Waals surface area contributed by atoms with Crippen LogP contribution in [0.25, 0.3) is 0 Å². The molecule has 0 saturated carbocycles.